The summed E-state index contributed by atoms with van der Waals surface area (Å²) in [5, 5.41) is 0.312. The lowest BCUT2D eigenvalue weighted by molar-refractivity contribution is -0.116. The first-order valence-corrected chi connectivity index (χ1v) is 12.3. The number of likely N-dealkylation sites (N-methyl/N-ethyl adjacent to an activating group) is 1. The average molecular weight is 468 g/mol. The van der Waals surface area contributed by atoms with E-state index in [2.05, 4.69) is 9.88 Å². The predicted molar refractivity (Wildman–Crippen MR) is 118 cm³/mol. The molecule has 0 aliphatic rings. The molecule has 0 saturated heterocycles. The number of hydrogen-bond acceptors (Lipinski definition) is 6. The Morgan fingerprint density at radius 2 is 1.65 bits per heavy atom. The van der Waals surface area contributed by atoms with Crippen LogP contribution in [0.5, 0.6) is 0 Å². The number of fused-ring (bicyclic) bond motifs is 1. The van der Waals surface area contributed by atoms with Crippen molar-refractivity contribution in [2.45, 2.75) is 18.7 Å². The fourth-order valence-corrected chi connectivity index (χ4v) is 5.31. The molecule has 0 saturated carbocycles. The first-order valence-electron chi connectivity index (χ1n) is 9.80. The summed E-state index contributed by atoms with van der Waals surface area (Å²) in [6.45, 7) is 6.31. The van der Waals surface area contributed by atoms with Crippen LogP contribution in [0.2, 0.25) is 0 Å². The molecule has 3 rings (SSSR count). The molecule has 1 aromatic heterocycles. The number of rotatable bonds is 9. The maximum absolute atomic E-state index is 13.6. The number of carbonyl (C=O) groups is 1. The highest BCUT2D eigenvalue weighted by Crippen LogP contribution is 2.30. The van der Waals surface area contributed by atoms with Gasteiger partial charge >= 0.3 is 0 Å². The Kier molecular flexibility index (Phi) is 7.34. The summed E-state index contributed by atoms with van der Waals surface area (Å²) in [7, 11) is -3.97. The fourth-order valence-electron chi connectivity index (χ4n) is 3.08. The zero-order valence-corrected chi connectivity index (χ0v) is 18.8. The highest BCUT2D eigenvalue weighted by atomic mass is 32.2. The van der Waals surface area contributed by atoms with E-state index in [9.17, 15) is 22.0 Å². The van der Waals surface area contributed by atoms with Gasteiger partial charge in [-0.25, -0.2) is 22.2 Å². The lowest BCUT2D eigenvalue weighted by atomic mass is 10.3. The van der Waals surface area contributed by atoms with E-state index < -0.39 is 33.1 Å². The van der Waals surface area contributed by atoms with Gasteiger partial charge in [0.2, 0.25) is 5.91 Å². The van der Waals surface area contributed by atoms with Gasteiger partial charge in [0, 0.05) is 13.1 Å². The number of sulfone groups is 1. The van der Waals surface area contributed by atoms with Crippen LogP contribution >= 0.6 is 11.3 Å². The van der Waals surface area contributed by atoms with Gasteiger partial charge in [0.1, 0.15) is 17.4 Å². The van der Waals surface area contributed by atoms with E-state index in [1.807, 2.05) is 13.8 Å². The summed E-state index contributed by atoms with van der Waals surface area (Å²) in [5.41, 5.74) is 0.531. The minimum Gasteiger partial charge on any atom is -0.302 e. The third kappa shape index (κ3) is 5.63. The van der Waals surface area contributed by atoms with Gasteiger partial charge < -0.3 is 4.90 Å². The van der Waals surface area contributed by atoms with Crippen molar-refractivity contribution in [3.05, 3.63) is 54.1 Å². The molecule has 6 nitrogen and oxygen atoms in total. The van der Waals surface area contributed by atoms with E-state index in [1.54, 1.807) is 0 Å². The van der Waals surface area contributed by atoms with Crippen LogP contribution in [0.25, 0.3) is 10.2 Å². The molecule has 0 bridgehead atoms. The van der Waals surface area contributed by atoms with Gasteiger partial charge in [-0.2, -0.15) is 0 Å². The van der Waals surface area contributed by atoms with E-state index in [0.717, 1.165) is 48.7 Å². The summed E-state index contributed by atoms with van der Waals surface area (Å²) >= 11 is 1.13. The Bertz CT molecular complexity index is 1160. The maximum atomic E-state index is 13.6. The summed E-state index contributed by atoms with van der Waals surface area (Å²) in [5.74, 6) is -2.40. The largest absolute Gasteiger partial charge is 0.302 e. The quantitative estimate of drug-likeness (QED) is 0.449. The first kappa shape index (κ1) is 23.2. The van der Waals surface area contributed by atoms with E-state index in [0.29, 0.717) is 21.9 Å². The van der Waals surface area contributed by atoms with Crippen LogP contribution in [0, 0.1) is 11.6 Å². The second-order valence-electron chi connectivity index (χ2n) is 6.89. The SMILES string of the molecule is CCN(CC)CCN(C(=O)CS(=O)(=O)c1ccc(F)cc1)c1nc2ccc(F)cc2s1. The second kappa shape index (κ2) is 9.80. The molecule has 0 atom stereocenters. The van der Waals surface area contributed by atoms with Crippen LogP contribution in [0.4, 0.5) is 13.9 Å². The van der Waals surface area contributed by atoms with Crippen molar-refractivity contribution >= 4 is 42.4 Å². The third-order valence-corrected chi connectivity index (χ3v) is 7.55. The highest BCUT2D eigenvalue weighted by molar-refractivity contribution is 7.92. The minimum absolute atomic E-state index is 0.127. The summed E-state index contributed by atoms with van der Waals surface area (Å²) in [6.07, 6.45) is 0. The van der Waals surface area contributed by atoms with E-state index in [-0.39, 0.29) is 11.4 Å². The number of hydrogen-bond donors (Lipinski definition) is 0. The van der Waals surface area contributed by atoms with Gasteiger partial charge in [0.05, 0.1) is 15.1 Å². The Labute approximate surface area is 184 Å². The molecule has 2 aromatic carbocycles. The molecule has 0 radical (unpaired) electrons. The molecule has 1 amide bonds. The molecule has 0 aliphatic carbocycles. The molecule has 31 heavy (non-hydrogen) atoms. The number of aromatic nitrogens is 1. The van der Waals surface area contributed by atoms with Crippen LogP contribution in [0.3, 0.4) is 0 Å². The number of thiazole rings is 1. The summed E-state index contributed by atoms with van der Waals surface area (Å²) < 4.78 is 52.7. The number of benzene rings is 2. The molecule has 0 unspecified atom stereocenters. The highest BCUT2D eigenvalue weighted by Gasteiger charge is 2.27. The van der Waals surface area contributed by atoms with Crippen molar-refractivity contribution in [3.63, 3.8) is 0 Å². The Balaban J connectivity index is 1.90. The Morgan fingerprint density at radius 3 is 2.29 bits per heavy atom. The normalized spacial score (nSPS) is 11.9. The van der Waals surface area contributed by atoms with Gasteiger partial charge in [-0.3, -0.25) is 9.69 Å². The summed E-state index contributed by atoms with van der Waals surface area (Å²) in [4.78, 5) is 20.8. The van der Waals surface area contributed by atoms with E-state index >= 15 is 0 Å². The Hall–Kier alpha value is -2.43. The zero-order valence-electron chi connectivity index (χ0n) is 17.2. The molecule has 0 N–H and O–H groups in total. The van der Waals surface area contributed by atoms with Crippen LogP contribution in [-0.4, -0.2) is 56.1 Å². The molecular weight excluding hydrogens is 444 g/mol. The molecule has 0 fully saturated rings. The number of amides is 1. The molecular formula is C21H23F2N3O3S2. The fraction of sp³-hybridized carbons (Fsp3) is 0.333. The van der Waals surface area contributed by atoms with Crippen molar-refractivity contribution in [2.75, 3.05) is 36.8 Å². The van der Waals surface area contributed by atoms with Gasteiger partial charge in [0.15, 0.2) is 15.0 Å². The van der Waals surface area contributed by atoms with Crippen LogP contribution in [0.1, 0.15) is 13.8 Å². The minimum atomic E-state index is -3.97. The van der Waals surface area contributed by atoms with Crippen LogP contribution in [-0.2, 0) is 14.6 Å². The molecule has 0 spiro atoms. The van der Waals surface area contributed by atoms with Crippen molar-refractivity contribution in [3.8, 4) is 0 Å². The van der Waals surface area contributed by atoms with Crippen molar-refractivity contribution in [1.29, 1.82) is 0 Å². The van der Waals surface area contributed by atoms with Crippen LogP contribution in [0.15, 0.2) is 47.4 Å². The molecule has 3 aromatic rings. The van der Waals surface area contributed by atoms with Gasteiger partial charge in [-0.1, -0.05) is 25.2 Å². The van der Waals surface area contributed by atoms with Gasteiger partial charge in [0.25, 0.3) is 0 Å². The van der Waals surface area contributed by atoms with Crippen molar-refractivity contribution in [2.24, 2.45) is 0 Å². The van der Waals surface area contributed by atoms with E-state index in [1.165, 1.54) is 23.1 Å². The second-order valence-corrected chi connectivity index (χ2v) is 9.89. The topological polar surface area (TPSA) is 70.6 Å². The Morgan fingerprint density at radius 1 is 1.00 bits per heavy atom. The number of halogens is 2. The van der Waals surface area contributed by atoms with Gasteiger partial charge in [-0.15, -0.1) is 0 Å². The molecule has 1 heterocycles. The molecule has 166 valence electrons. The monoisotopic (exact) mass is 467 g/mol. The van der Waals surface area contributed by atoms with Crippen LogP contribution < -0.4 is 4.90 Å². The number of anilines is 1. The molecule has 0 aliphatic heterocycles. The molecule has 10 heteroatoms. The predicted octanol–water partition coefficient (Wildman–Crippen LogP) is 3.72. The maximum Gasteiger partial charge on any atom is 0.244 e. The average Bonchev–Trinajstić information content (AvgIpc) is 3.13. The first-order chi connectivity index (χ1) is 14.7. The smallest absolute Gasteiger partial charge is 0.244 e. The number of carbonyl (C=O) groups excluding carboxylic acids is 1. The van der Waals surface area contributed by atoms with Crippen molar-refractivity contribution < 1.29 is 22.0 Å². The lowest BCUT2D eigenvalue weighted by Gasteiger charge is -2.24. The summed E-state index contributed by atoms with van der Waals surface area (Å²) in [6, 6.07) is 8.49. The van der Waals surface area contributed by atoms with Gasteiger partial charge in [-0.05, 0) is 55.6 Å². The van der Waals surface area contributed by atoms with E-state index in [4.69, 9.17) is 0 Å². The zero-order chi connectivity index (χ0) is 22.6. The number of nitrogens with zero attached hydrogens (tertiary/aromatic N) is 3. The third-order valence-electron chi connectivity index (χ3n) is 4.89. The standard InChI is InChI=1S/C21H23F2N3O3S2/c1-3-25(4-2)11-12-26(21-24-18-10-7-16(23)13-19(18)30-21)20(27)14-31(28,29)17-8-5-15(22)6-9-17/h5-10,13H,3-4,11-12,14H2,1-2H3. The van der Waals surface area contributed by atoms with Crippen molar-refractivity contribution in [1.82, 2.24) is 9.88 Å². The lowest BCUT2D eigenvalue weighted by Crippen LogP contribution is -2.41.